The van der Waals surface area contributed by atoms with Gasteiger partial charge in [-0.3, -0.25) is 0 Å². The molecule has 1 fully saturated rings. The fraction of sp³-hybridized carbons (Fsp3) is 0.600. The van der Waals surface area contributed by atoms with Crippen LogP contribution >= 0.6 is 11.6 Å². The quantitative estimate of drug-likeness (QED) is 0.482. The van der Waals surface area contributed by atoms with E-state index >= 15 is 0 Å². The number of allylic oxidation sites excluding steroid dienone is 8. The van der Waals surface area contributed by atoms with E-state index in [4.69, 9.17) is 11.6 Å². The van der Waals surface area contributed by atoms with Gasteiger partial charge in [0.15, 0.2) is 0 Å². The summed E-state index contributed by atoms with van der Waals surface area (Å²) in [5.74, 6) is 2.70. The Labute approximate surface area is 170 Å². The summed E-state index contributed by atoms with van der Waals surface area (Å²) in [6, 6.07) is 0. The van der Waals surface area contributed by atoms with Gasteiger partial charge in [-0.05, 0) is 93.3 Å². The van der Waals surface area contributed by atoms with Crippen LogP contribution in [-0.4, -0.2) is 11.7 Å². The summed E-state index contributed by atoms with van der Waals surface area (Å²) >= 11 is 6.55. The second-order valence-electron chi connectivity index (χ2n) is 9.39. The molecule has 4 atom stereocenters. The molecular formula is C25H35ClO. The predicted molar refractivity (Wildman–Crippen MR) is 117 cm³/mol. The summed E-state index contributed by atoms with van der Waals surface area (Å²) in [6.45, 7) is 13.3. The van der Waals surface area contributed by atoms with Gasteiger partial charge in [-0.2, -0.15) is 0 Å². The maximum absolute atomic E-state index is 9.26. The molecule has 0 aromatic heterocycles. The molecule has 3 aliphatic rings. The molecule has 1 N–H and O–H groups in total. The third kappa shape index (κ3) is 5.06. The lowest BCUT2D eigenvalue weighted by atomic mass is 9.87. The van der Waals surface area contributed by atoms with Gasteiger partial charge in [-0.15, -0.1) is 0 Å². The highest BCUT2D eigenvalue weighted by Gasteiger charge is 2.41. The lowest BCUT2D eigenvalue weighted by Gasteiger charge is -2.18. The van der Waals surface area contributed by atoms with Gasteiger partial charge in [-0.1, -0.05) is 60.4 Å². The van der Waals surface area contributed by atoms with Crippen LogP contribution in [0.4, 0.5) is 0 Å². The van der Waals surface area contributed by atoms with E-state index in [0.29, 0.717) is 11.8 Å². The molecule has 1 saturated carbocycles. The molecule has 4 unspecified atom stereocenters. The number of rotatable bonds is 6. The average Bonchev–Trinajstić information content (AvgIpc) is 3.37. The lowest BCUT2D eigenvalue weighted by Crippen LogP contribution is -2.04. The van der Waals surface area contributed by atoms with Crippen molar-refractivity contribution >= 4 is 11.6 Å². The molecule has 3 rings (SSSR count). The number of fused-ring (bicyclic) bond motifs is 1. The topological polar surface area (TPSA) is 20.2 Å². The Morgan fingerprint density at radius 1 is 1.26 bits per heavy atom. The van der Waals surface area contributed by atoms with Crippen LogP contribution in [0.2, 0.25) is 0 Å². The van der Waals surface area contributed by atoms with Gasteiger partial charge in [0.1, 0.15) is 0 Å². The maximum Gasteiger partial charge on any atom is 0.0639 e. The van der Waals surface area contributed by atoms with Gasteiger partial charge in [-0.25, -0.2) is 0 Å². The van der Waals surface area contributed by atoms with Gasteiger partial charge in [0, 0.05) is 5.03 Å². The van der Waals surface area contributed by atoms with E-state index < -0.39 is 0 Å². The van der Waals surface area contributed by atoms with E-state index in [9.17, 15) is 5.11 Å². The first kappa shape index (κ1) is 20.7. The van der Waals surface area contributed by atoms with Gasteiger partial charge < -0.3 is 5.11 Å². The summed E-state index contributed by atoms with van der Waals surface area (Å²) in [4.78, 5) is 0. The maximum atomic E-state index is 9.26. The largest absolute Gasteiger partial charge is 0.392 e. The van der Waals surface area contributed by atoms with Crippen molar-refractivity contribution in [1.82, 2.24) is 0 Å². The van der Waals surface area contributed by atoms with E-state index in [-0.39, 0.29) is 6.61 Å². The molecule has 27 heavy (non-hydrogen) atoms. The Balaban J connectivity index is 1.86. The molecule has 0 bridgehead atoms. The predicted octanol–water partition coefficient (Wildman–Crippen LogP) is 7.10. The van der Waals surface area contributed by atoms with Crippen LogP contribution in [0.3, 0.4) is 0 Å². The third-order valence-corrected chi connectivity index (χ3v) is 6.84. The van der Waals surface area contributed by atoms with Gasteiger partial charge in [0.2, 0.25) is 0 Å². The normalized spacial score (nSPS) is 29.5. The van der Waals surface area contributed by atoms with Crippen molar-refractivity contribution in [2.45, 2.75) is 66.2 Å². The Bertz CT molecular complexity index is 733. The minimum Gasteiger partial charge on any atom is -0.392 e. The Hall–Kier alpha value is -1.05. The van der Waals surface area contributed by atoms with Gasteiger partial charge in [0.05, 0.1) is 6.61 Å². The van der Waals surface area contributed by atoms with Gasteiger partial charge >= 0.3 is 0 Å². The second-order valence-corrected chi connectivity index (χ2v) is 9.87. The zero-order valence-corrected chi connectivity index (χ0v) is 18.2. The van der Waals surface area contributed by atoms with Crippen molar-refractivity contribution in [2.24, 2.45) is 23.7 Å². The Kier molecular flexibility index (Phi) is 6.54. The van der Waals surface area contributed by atoms with Crippen molar-refractivity contribution in [3.8, 4) is 0 Å². The highest BCUT2D eigenvalue weighted by Crippen LogP contribution is 2.52. The van der Waals surface area contributed by atoms with Crippen molar-refractivity contribution in [3.63, 3.8) is 0 Å². The molecule has 148 valence electrons. The number of halogens is 1. The first-order valence-electron chi connectivity index (χ1n) is 10.5. The Morgan fingerprint density at radius 3 is 2.70 bits per heavy atom. The second kappa shape index (κ2) is 8.53. The van der Waals surface area contributed by atoms with Crippen LogP contribution < -0.4 is 0 Å². The third-order valence-electron chi connectivity index (χ3n) is 6.57. The monoisotopic (exact) mass is 386 g/mol. The zero-order chi connectivity index (χ0) is 19.7. The van der Waals surface area contributed by atoms with E-state index in [2.05, 4.69) is 46.4 Å². The number of hydrogen-bond acceptors (Lipinski definition) is 1. The highest BCUT2D eigenvalue weighted by atomic mass is 35.5. The molecule has 0 amide bonds. The molecule has 2 heteroatoms. The molecule has 0 heterocycles. The van der Waals surface area contributed by atoms with E-state index in [1.807, 2.05) is 0 Å². The first-order valence-corrected chi connectivity index (χ1v) is 10.9. The van der Waals surface area contributed by atoms with Crippen LogP contribution in [0, 0.1) is 23.7 Å². The Morgan fingerprint density at radius 2 is 2.00 bits per heavy atom. The summed E-state index contributed by atoms with van der Waals surface area (Å²) < 4.78 is 0. The molecule has 0 saturated heterocycles. The van der Waals surface area contributed by atoms with E-state index in [0.717, 1.165) is 54.5 Å². The van der Waals surface area contributed by atoms with Crippen LogP contribution in [0.5, 0.6) is 0 Å². The van der Waals surface area contributed by atoms with Crippen molar-refractivity contribution in [1.29, 1.82) is 0 Å². The molecular weight excluding hydrogens is 352 g/mol. The summed E-state index contributed by atoms with van der Waals surface area (Å²) in [6.07, 6.45) is 11.4. The van der Waals surface area contributed by atoms with Crippen LogP contribution in [0.25, 0.3) is 0 Å². The molecule has 0 aliphatic heterocycles. The molecule has 0 aromatic rings. The van der Waals surface area contributed by atoms with Gasteiger partial charge in [0.25, 0.3) is 0 Å². The van der Waals surface area contributed by atoms with E-state index in [1.54, 1.807) is 11.1 Å². The summed E-state index contributed by atoms with van der Waals surface area (Å²) in [5.41, 5.74) is 8.39. The minimum atomic E-state index is 0.103. The molecule has 0 radical (unpaired) electrons. The number of aliphatic hydroxyl groups is 1. The van der Waals surface area contributed by atoms with Crippen LogP contribution in [-0.2, 0) is 0 Å². The van der Waals surface area contributed by atoms with Crippen LogP contribution in [0.1, 0.15) is 66.2 Å². The average molecular weight is 387 g/mol. The number of aliphatic hydroxyl groups excluding tert-OH is 1. The SMILES string of the molecule is C=C(CO)CC(C)CC1=C(C)C=C(C2=C(C)C3CC3CC(Cl)=C2)CC(C)C1. The number of hydrogen-bond donors (Lipinski definition) is 1. The first-order chi connectivity index (χ1) is 12.8. The van der Waals surface area contributed by atoms with Crippen molar-refractivity contribution in [2.75, 3.05) is 6.61 Å². The summed E-state index contributed by atoms with van der Waals surface area (Å²) in [5, 5.41) is 10.3. The van der Waals surface area contributed by atoms with Crippen molar-refractivity contribution < 1.29 is 5.11 Å². The fourth-order valence-electron chi connectivity index (χ4n) is 5.06. The lowest BCUT2D eigenvalue weighted by molar-refractivity contribution is 0.321. The van der Waals surface area contributed by atoms with Crippen molar-refractivity contribution in [3.05, 3.63) is 57.2 Å². The summed E-state index contributed by atoms with van der Waals surface area (Å²) in [7, 11) is 0. The molecule has 3 aliphatic carbocycles. The van der Waals surface area contributed by atoms with Crippen LogP contribution in [0.15, 0.2) is 57.2 Å². The fourth-order valence-corrected chi connectivity index (χ4v) is 5.37. The molecule has 1 nitrogen and oxygen atoms in total. The van der Waals surface area contributed by atoms with E-state index in [1.165, 1.54) is 23.1 Å². The molecule has 0 spiro atoms. The smallest absolute Gasteiger partial charge is 0.0639 e. The zero-order valence-electron chi connectivity index (χ0n) is 17.4. The standard InChI is InChI=1S/C25H35ClO/c1-15(6-17(3)14-27)7-20-8-16(2)9-21(10-18(20)4)25-13-23(26)11-22-12-24(22)19(25)5/h10,13,15-16,22,24,27H,3,6-9,11-12,14H2,1-2,4-5H3. The minimum absolute atomic E-state index is 0.103. The highest BCUT2D eigenvalue weighted by molar-refractivity contribution is 6.29. The molecule has 0 aromatic carbocycles.